The first-order valence-corrected chi connectivity index (χ1v) is 23.7. The molecule has 0 unspecified atom stereocenters. The monoisotopic (exact) mass is 1080 g/mol. The zero-order valence-corrected chi connectivity index (χ0v) is 44.3. The Morgan fingerprint density at radius 3 is 1.76 bits per heavy atom. The van der Waals surface area contributed by atoms with Gasteiger partial charge in [-0.05, 0) is 80.4 Å². The number of fused-ring (bicyclic) bond motifs is 3. The molecule has 0 amide bonds. The van der Waals surface area contributed by atoms with E-state index in [9.17, 15) is 0 Å². The van der Waals surface area contributed by atoms with E-state index in [4.69, 9.17) is 9.72 Å². The summed E-state index contributed by atoms with van der Waals surface area (Å²) in [4.78, 5) is 9.61. The molecule has 1 aliphatic rings. The Balaban J connectivity index is 0.00000625. The first-order chi connectivity index (χ1) is 31.6. The van der Waals surface area contributed by atoms with E-state index in [1.54, 1.807) is 0 Å². The van der Waals surface area contributed by atoms with E-state index < -0.39 is 0 Å². The predicted molar refractivity (Wildman–Crippen MR) is 281 cm³/mol. The maximum absolute atomic E-state index is 7.16. The molecule has 0 N–H and O–H groups in total. The van der Waals surface area contributed by atoms with Crippen LogP contribution in [0, 0.1) is 24.2 Å². The van der Waals surface area contributed by atoms with Crippen molar-refractivity contribution in [3.63, 3.8) is 0 Å². The van der Waals surface area contributed by atoms with Crippen LogP contribution in [0.3, 0.4) is 0 Å². The largest absolute Gasteiger partial charge is 0.509 e. The van der Waals surface area contributed by atoms with Crippen LogP contribution in [0.2, 0.25) is 0 Å². The minimum absolute atomic E-state index is 0. The van der Waals surface area contributed by atoms with Crippen molar-refractivity contribution in [3.8, 4) is 17.3 Å². The van der Waals surface area contributed by atoms with Crippen LogP contribution in [-0.4, -0.2) is 9.55 Å². The number of nitrogens with zero attached hydrogens (tertiary/aromatic N) is 4. The second-order valence-corrected chi connectivity index (χ2v) is 22.4. The average molecular weight is 1080 g/mol. The normalized spacial score (nSPS) is 13.8. The topological polar surface area (TPSA) is 33.5 Å². The summed E-state index contributed by atoms with van der Waals surface area (Å²) >= 11 is 0. The van der Waals surface area contributed by atoms with Gasteiger partial charge in [0.25, 0.3) is 0 Å². The number of aromatic nitrogens is 2. The van der Waals surface area contributed by atoms with E-state index in [1.165, 1.54) is 33.5 Å². The van der Waals surface area contributed by atoms with Crippen molar-refractivity contribution in [1.29, 1.82) is 0 Å². The van der Waals surface area contributed by atoms with Crippen molar-refractivity contribution < 1.29 is 25.8 Å². The Hall–Kier alpha value is -5.90. The van der Waals surface area contributed by atoms with Gasteiger partial charge >= 0.3 is 0 Å². The smallest absolute Gasteiger partial charge is 0.135 e. The third-order valence-corrected chi connectivity index (χ3v) is 13.7. The standard InChI is InChI=1S/C62H65N4O.Pt/c1-58(2,3)44-27-22-28-47(33-44)65-41-64(40-55(65)60(7,8)9)48-34-46(62(12,13)43-25-18-15-19-26-43)35-49(37-48)67-50-38-52(59(4,5)6)57-51-29-20-21-30-53(51)66(54(57)39-50)56-36-45(31-32-63-56)61(10,11)42-23-16-14-17-24-42;/h14-36,38,40-41H,1-13H3;/q-3;. The fraction of sp³-hybridized carbons (Fsp3) is 0.290. The molecule has 0 saturated heterocycles. The van der Waals surface area contributed by atoms with Gasteiger partial charge in [0.1, 0.15) is 5.82 Å². The molecule has 3 heterocycles. The summed E-state index contributed by atoms with van der Waals surface area (Å²) in [5.41, 5.74) is 11.4. The molecule has 1 aliphatic heterocycles. The Morgan fingerprint density at radius 2 is 1.13 bits per heavy atom. The van der Waals surface area contributed by atoms with Gasteiger partial charge in [-0.15, -0.1) is 53.8 Å². The third kappa shape index (κ3) is 9.19. The van der Waals surface area contributed by atoms with E-state index >= 15 is 0 Å². The SMILES string of the molecule is CC(C)(C)C1=CN(c2[c-]c(Oc3[c-]c4c(c(C(C)(C)C)c3)c3ccccc3n4-c3cc(C(C)(C)c4ccccc4)ccn3)cc(C(C)(C)c3ccccc3)c2)[CH-]N1c1cccc(C(C)(C)C)c1.[Pt]. The Morgan fingerprint density at radius 1 is 0.529 bits per heavy atom. The average Bonchev–Trinajstić information content (AvgIpc) is 3.90. The molecule has 0 bridgehead atoms. The number of benzene rings is 6. The first kappa shape index (κ1) is 48.6. The Kier molecular flexibility index (Phi) is 12.8. The van der Waals surface area contributed by atoms with Crippen LogP contribution in [-0.2, 0) is 42.7 Å². The second-order valence-electron chi connectivity index (χ2n) is 22.4. The number of rotatable bonds is 9. The summed E-state index contributed by atoms with van der Waals surface area (Å²) in [6, 6.07) is 57.6. The van der Waals surface area contributed by atoms with Crippen LogP contribution in [0.5, 0.6) is 11.5 Å². The number of allylic oxidation sites excluding steroid dienone is 1. The van der Waals surface area contributed by atoms with Gasteiger partial charge in [0.15, 0.2) is 0 Å². The fourth-order valence-corrected chi connectivity index (χ4v) is 9.47. The number of anilines is 2. The maximum atomic E-state index is 7.16. The molecule has 0 saturated carbocycles. The zero-order chi connectivity index (χ0) is 47.7. The van der Waals surface area contributed by atoms with Gasteiger partial charge in [-0.2, -0.15) is 0 Å². The van der Waals surface area contributed by atoms with Crippen molar-refractivity contribution in [2.45, 2.75) is 112 Å². The molecule has 352 valence electrons. The minimum Gasteiger partial charge on any atom is -0.509 e. The van der Waals surface area contributed by atoms with Crippen LogP contribution >= 0.6 is 0 Å². The van der Waals surface area contributed by atoms with Crippen LogP contribution in [0.4, 0.5) is 11.4 Å². The van der Waals surface area contributed by atoms with Crippen molar-refractivity contribution in [3.05, 3.63) is 210 Å². The maximum Gasteiger partial charge on any atom is 0.135 e. The van der Waals surface area contributed by atoms with Gasteiger partial charge in [-0.25, -0.2) is 4.98 Å². The molecule has 6 heteroatoms. The number of hydrogen-bond donors (Lipinski definition) is 0. The van der Waals surface area contributed by atoms with Gasteiger partial charge < -0.3 is 19.1 Å². The molecular weight excluding hydrogens is 1010 g/mol. The minimum atomic E-state index is -0.360. The number of para-hydroxylation sites is 1. The molecular formula is C62H65N4OPt-3. The summed E-state index contributed by atoms with van der Waals surface area (Å²) in [6.07, 6.45) is 4.20. The molecule has 0 aliphatic carbocycles. The predicted octanol–water partition coefficient (Wildman–Crippen LogP) is 16.1. The van der Waals surface area contributed by atoms with Gasteiger partial charge in [0, 0.05) is 66.5 Å². The molecule has 0 atom stereocenters. The number of hydrogen-bond acceptors (Lipinski definition) is 4. The van der Waals surface area contributed by atoms with Crippen LogP contribution in [0.1, 0.15) is 123 Å². The molecule has 8 aromatic rings. The quantitative estimate of drug-likeness (QED) is 0.135. The van der Waals surface area contributed by atoms with Gasteiger partial charge in [-0.3, -0.25) is 0 Å². The summed E-state index contributed by atoms with van der Waals surface area (Å²) < 4.78 is 9.42. The van der Waals surface area contributed by atoms with Crippen molar-refractivity contribution in [2.24, 2.45) is 5.41 Å². The van der Waals surface area contributed by atoms with E-state index in [-0.39, 0.29) is 48.1 Å². The van der Waals surface area contributed by atoms with Crippen molar-refractivity contribution in [2.75, 3.05) is 9.80 Å². The van der Waals surface area contributed by atoms with Crippen molar-refractivity contribution in [1.82, 2.24) is 9.55 Å². The van der Waals surface area contributed by atoms with E-state index in [1.807, 2.05) is 6.20 Å². The fourth-order valence-electron chi connectivity index (χ4n) is 9.47. The summed E-state index contributed by atoms with van der Waals surface area (Å²) in [7, 11) is 0. The van der Waals surface area contributed by atoms with E-state index in [0.717, 1.165) is 44.6 Å². The third-order valence-electron chi connectivity index (χ3n) is 13.7. The molecule has 5 nitrogen and oxygen atoms in total. The molecule has 6 aromatic carbocycles. The molecule has 0 fully saturated rings. The molecule has 0 spiro atoms. The van der Waals surface area contributed by atoms with Gasteiger partial charge in [-0.1, -0.05) is 192 Å². The van der Waals surface area contributed by atoms with Crippen LogP contribution in [0.25, 0.3) is 27.6 Å². The summed E-state index contributed by atoms with van der Waals surface area (Å²) in [5.74, 6) is 2.08. The Labute approximate surface area is 420 Å². The van der Waals surface area contributed by atoms with E-state index in [2.05, 4.69) is 269 Å². The molecule has 2 aromatic heterocycles. The van der Waals surface area contributed by atoms with Crippen LogP contribution < -0.4 is 14.5 Å². The molecule has 0 radical (unpaired) electrons. The first-order valence-electron chi connectivity index (χ1n) is 23.7. The van der Waals surface area contributed by atoms with Crippen LogP contribution in [0.15, 0.2) is 158 Å². The zero-order valence-electron chi connectivity index (χ0n) is 42.0. The number of ether oxygens (including phenoxy) is 1. The summed E-state index contributed by atoms with van der Waals surface area (Å²) in [6.45, 7) is 31.8. The van der Waals surface area contributed by atoms with Crippen molar-refractivity contribution >= 4 is 33.2 Å². The van der Waals surface area contributed by atoms with Gasteiger partial charge in [0.05, 0.1) is 0 Å². The molecule has 9 rings (SSSR count). The number of pyridine rings is 1. The van der Waals surface area contributed by atoms with Gasteiger partial charge in [0.2, 0.25) is 0 Å². The summed E-state index contributed by atoms with van der Waals surface area (Å²) in [5, 5.41) is 2.31. The molecule has 68 heavy (non-hydrogen) atoms. The van der Waals surface area contributed by atoms with E-state index in [0.29, 0.717) is 11.5 Å². The second kappa shape index (κ2) is 17.9. The Bertz CT molecular complexity index is 3140.